The van der Waals surface area contributed by atoms with E-state index in [1.807, 2.05) is 0 Å². The third kappa shape index (κ3) is 3.99. The molecule has 21 heavy (non-hydrogen) atoms. The van der Waals surface area contributed by atoms with Crippen molar-refractivity contribution in [1.29, 1.82) is 0 Å². The smallest absolute Gasteiger partial charge is 0.150 e. The Morgan fingerprint density at radius 2 is 1.95 bits per heavy atom. The molecule has 0 aromatic rings. The summed E-state index contributed by atoms with van der Waals surface area (Å²) in [6.07, 6.45) is 2.84. The van der Waals surface area contributed by atoms with E-state index in [1.165, 1.54) is 0 Å². The number of sulfone groups is 1. The fraction of sp³-hybridized carbons (Fsp3) is 1.00. The highest BCUT2D eigenvalue weighted by Crippen LogP contribution is 2.46. The molecule has 2 aliphatic heterocycles. The van der Waals surface area contributed by atoms with E-state index in [4.69, 9.17) is 4.74 Å². The van der Waals surface area contributed by atoms with Gasteiger partial charge in [-0.15, -0.1) is 0 Å². The third-order valence-corrected chi connectivity index (χ3v) is 6.78. The van der Waals surface area contributed by atoms with Crippen LogP contribution in [0.2, 0.25) is 0 Å². The van der Waals surface area contributed by atoms with Gasteiger partial charge in [0.05, 0.1) is 22.7 Å². The average Bonchev–Trinajstić information content (AvgIpc) is 2.76. The molecular weight excluding hydrogens is 286 g/mol. The Bertz CT molecular complexity index is 470. The van der Waals surface area contributed by atoms with Crippen LogP contribution in [0.25, 0.3) is 0 Å². The second kappa shape index (κ2) is 5.82. The number of ether oxygens (including phenoxy) is 1. The van der Waals surface area contributed by atoms with Gasteiger partial charge in [-0.3, -0.25) is 0 Å². The van der Waals surface area contributed by atoms with Crippen molar-refractivity contribution in [2.75, 3.05) is 18.1 Å². The van der Waals surface area contributed by atoms with Crippen LogP contribution in [0.15, 0.2) is 0 Å². The topological polar surface area (TPSA) is 55.4 Å². The number of hydrogen-bond donors (Lipinski definition) is 1. The molecule has 0 amide bonds. The van der Waals surface area contributed by atoms with Gasteiger partial charge in [-0.2, -0.15) is 0 Å². The minimum absolute atomic E-state index is 0.127. The maximum absolute atomic E-state index is 11.9. The van der Waals surface area contributed by atoms with E-state index in [0.29, 0.717) is 17.4 Å². The molecule has 0 bridgehead atoms. The van der Waals surface area contributed by atoms with Crippen molar-refractivity contribution in [1.82, 2.24) is 5.32 Å². The first-order valence-corrected chi connectivity index (χ1v) is 10.0. The SMILES string of the molecule is CCCNC(C1CCS(=O)(=O)C1)C1CC(C)(C)OC1(C)C. The van der Waals surface area contributed by atoms with Crippen LogP contribution < -0.4 is 5.32 Å². The molecule has 2 fully saturated rings. The molecule has 4 nitrogen and oxygen atoms in total. The van der Waals surface area contributed by atoms with Crippen molar-refractivity contribution < 1.29 is 13.2 Å². The van der Waals surface area contributed by atoms with Gasteiger partial charge >= 0.3 is 0 Å². The van der Waals surface area contributed by atoms with Crippen LogP contribution in [0, 0.1) is 11.8 Å². The highest BCUT2D eigenvalue weighted by atomic mass is 32.2. The van der Waals surface area contributed by atoms with Crippen LogP contribution in [-0.2, 0) is 14.6 Å². The molecule has 2 saturated heterocycles. The fourth-order valence-corrected chi connectivity index (χ4v) is 6.07. The Morgan fingerprint density at radius 3 is 2.38 bits per heavy atom. The number of rotatable bonds is 5. The summed E-state index contributed by atoms with van der Waals surface area (Å²) in [5.41, 5.74) is -0.334. The van der Waals surface area contributed by atoms with E-state index in [1.54, 1.807) is 0 Å². The molecule has 2 rings (SSSR count). The standard InChI is InChI=1S/C16H31NO3S/c1-6-8-17-14(12-7-9-21(18,19)11-12)13-10-15(2,3)20-16(13,4)5/h12-14,17H,6-11H2,1-5H3. The normalized spacial score (nSPS) is 34.9. The molecule has 0 aliphatic carbocycles. The maximum Gasteiger partial charge on any atom is 0.150 e. The van der Waals surface area contributed by atoms with Crippen molar-refractivity contribution in [3.63, 3.8) is 0 Å². The molecule has 0 aromatic carbocycles. The lowest BCUT2D eigenvalue weighted by Crippen LogP contribution is -2.49. The van der Waals surface area contributed by atoms with Crippen LogP contribution in [0.3, 0.4) is 0 Å². The lowest BCUT2D eigenvalue weighted by molar-refractivity contribution is -0.0792. The fourth-order valence-electron chi connectivity index (χ4n) is 4.22. The highest BCUT2D eigenvalue weighted by Gasteiger charge is 2.51. The molecule has 2 aliphatic rings. The molecule has 5 heteroatoms. The van der Waals surface area contributed by atoms with Crippen molar-refractivity contribution in [2.45, 2.75) is 71.1 Å². The molecule has 0 aromatic heterocycles. The molecule has 3 unspecified atom stereocenters. The molecule has 0 spiro atoms. The first-order valence-electron chi connectivity index (χ1n) is 8.20. The predicted molar refractivity (Wildman–Crippen MR) is 86.2 cm³/mol. The minimum atomic E-state index is -2.84. The van der Waals surface area contributed by atoms with Crippen molar-refractivity contribution in [3.8, 4) is 0 Å². The lowest BCUT2D eigenvalue weighted by Gasteiger charge is -2.36. The van der Waals surface area contributed by atoms with Crippen LogP contribution >= 0.6 is 0 Å². The summed E-state index contributed by atoms with van der Waals surface area (Å²) in [4.78, 5) is 0. The van der Waals surface area contributed by atoms with Crippen LogP contribution in [-0.4, -0.2) is 43.7 Å². The number of hydrogen-bond acceptors (Lipinski definition) is 4. The maximum atomic E-state index is 11.9. The zero-order valence-corrected chi connectivity index (χ0v) is 14.9. The quantitative estimate of drug-likeness (QED) is 0.846. The van der Waals surface area contributed by atoms with Crippen molar-refractivity contribution in [3.05, 3.63) is 0 Å². The second-order valence-corrected chi connectivity index (χ2v) is 10.1. The number of nitrogens with one attached hydrogen (secondary N) is 1. The van der Waals surface area contributed by atoms with Gasteiger partial charge in [0.1, 0.15) is 0 Å². The van der Waals surface area contributed by atoms with Gasteiger partial charge in [0.15, 0.2) is 9.84 Å². The summed E-state index contributed by atoms with van der Waals surface area (Å²) >= 11 is 0. The van der Waals surface area contributed by atoms with Gasteiger partial charge < -0.3 is 10.1 Å². The van der Waals surface area contributed by atoms with Crippen LogP contribution in [0.1, 0.15) is 53.9 Å². The summed E-state index contributed by atoms with van der Waals surface area (Å²) in [7, 11) is -2.84. The minimum Gasteiger partial charge on any atom is -0.369 e. The molecular formula is C16H31NO3S. The van der Waals surface area contributed by atoms with Gasteiger partial charge in [0.2, 0.25) is 0 Å². The molecule has 124 valence electrons. The summed E-state index contributed by atoms with van der Waals surface area (Å²) in [6, 6.07) is 0.235. The summed E-state index contributed by atoms with van der Waals surface area (Å²) in [6.45, 7) is 11.7. The van der Waals surface area contributed by atoms with E-state index in [0.717, 1.165) is 25.8 Å². The zero-order valence-electron chi connectivity index (χ0n) is 14.1. The Hall–Kier alpha value is -0.130. The van der Waals surface area contributed by atoms with E-state index >= 15 is 0 Å². The largest absolute Gasteiger partial charge is 0.369 e. The first-order chi connectivity index (χ1) is 9.56. The van der Waals surface area contributed by atoms with Gasteiger partial charge in [0, 0.05) is 12.0 Å². The zero-order chi connectivity index (χ0) is 15.9. The molecule has 1 N–H and O–H groups in total. The van der Waals surface area contributed by atoms with E-state index in [-0.39, 0.29) is 23.2 Å². The second-order valence-electron chi connectivity index (χ2n) is 7.92. The predicted octanol–water partition coefficient (Wildman–Crippen LogP) is 2.38. The van der Waals surface area contributed by atoms with Crippen LogP contribution in [0.5, 0.6) is 0 Å². The van der Waals surface area contributed by atoms with Crippen molar-refractivity contribution >= 4 is 9.84 Å². The summed E-state index contributed by atoms with van der Waals surface area (Å²) in [5.74, 6) is 1.27. The summed E-state index contributed by atoms with van der Waals surface area (Å²) in [5, 5.41) is 3.64. The van der Waals surface area contributed by atoms with E-state index in [2.05, 4.69) is 39.9 Å². The van der Waals surface area contributed by atoms with Crippen LogP contribution in [0.4, 0.5) is 0 Å². The van der Waals surface area contributed by atoms with Gasteiger partial charge in [-0.25, -0.2) is 8.42 Å². The van der Waals surface area contributed by atoms with E-state index in [9.17, 15) is 8.42 Å². The Kier molecular flexibility index (Phi) is 4.77. The monoisotopic (exact) mass is 317 g/mol. The van der Waals surface area contributed by atoms with E-state index < -0.39 is 9.84 Å². The van der Waals surface area contributed by atoms with Gasteiger partial charge in [0.25, 0.3) is 0 Å². The Labute approximate surface area is 129 Å². The Balaban J connectivity index is 2.20. The molecule has 0 saturated carbocycles. The van der Waals surface area contributed by atoms with Crippen molar-refractivity contribution in [2.24, 2.45) is 11.8 Å². The molecule has 2 heterocycles. The van der Waals surface area contributed by atoms with Gasteiger partial charge in [-0.05, 0) is 59.4 Å². The first kappa shape index (κ1) is 17.2. The summed E-state index contributed by atoms with van der Waals surface area (Å²) < 4.78 is 30.0. The van der Waals surface area contributed by atoms with Gasteiger partial charge in [-0.1, -0.05) is 6.92 Å². The average molecular weight is 317 g/mol. The molecule has 0 radical (unpaired) electrons. The molecule has 3 atom stereocenters. The lowest BCUT2D eigenvalue weighted by atomic mass is 9.76. The third-order valence-electron chi connectivity index (χ3n) is 4.98. The highest BCUT2D eigenvalue weighted by molar-refractivity contribution is 7.91. The Morgan fingerprint density at radius 1 is 1.29 bits per heavy atom.